The number of carbonyl (C=O) groups is 1. The van der Waals surface area contributed by atoms with Crippen molar-refractivity contribution in [3.63, 3.8) is 0 Å². The van der Waals surface area contributed by atoms with Gasteiger partial charge in [0.2, 0.25) is 5.91 Å². The first-order chi connectivity index (χ1) is 11.6. The van der Waals surface area contributed by atoms with Crippen LogP contribution in [0.4, 0.5) is 5.00 Å². The minimum absolute atomic E-state index is 0.153. The number of rotatable bonds is 2. The molecule has 1 atom stereocenters. The molecule has 1 aliphatic carbocycles. The minimum Gasteiger partial charge on any atom is -0.290 e. The summed E-state index contributed by atoms with van der Waals surface area (Å²) in [5.74, 6) is 0.153. The predicted molar refractivity (Wildman–Crippen MR) is 99.4 cm³/mol. The summed E-state index contributed by atoms with van der Waals surface area (Å²) in [6, 6.07) is 10.9. The van der Waals surface area contributed by atoms with E-state index in [2.05, 4.69) is 42.2 Å². The number of benzene rings is 1. The molecule has 0 saturated heterocycles. The fourth-order valence-electron chi connectivity index (χ4n) is 3.94. The van der Waals surface area contributed by atoms with E-state index < -0.39 is 0 Å². The van der Waals surface area contributed by atoms with Gasteiger partial charge in [-0.2, -0.15) is 0 Å². The summed E-state index contributed by atoms with van der Waals surface area (Å²) in [4.78, 5) is 18.2. The highest BCUT2D eigenvalue weighted by molar-refractivity contribution is 7.16. The van der Waals surface area contributed by atoms with Crippen LogP contribution in [0.1, 0.15) is 54.3 Å². The zero-order chi connectivity index (χ0) is 16.7. The molecule has 1 aromatic heterocycles. The minimum atomic E-state index is 0.153. The summed E-state index contributed by atoms with van der Waals surface area (Å²) in [6.45, 7) is 5.59. The topological polar surface area (TPSA) is 23.6 Å². The van der Waals surface area contributed by atoms with Crippen LogP contribution in [0.25, 0.3) is 0 Å². The van der Waals surface area contributed by atoms with Crippen molar-refractivity contribution < 1.29 is 4.79 Å². The van der Waals surface area contributed by atoms with Gasteiger partial charge in [-0.3, -0.25) is 14.6 Å². The molecule has 0 bridgehead atoms. The quantitative estimate of drug-likeness (QED) is 0.803. The molecule has 0 N–H and O–H groups in total. The summed E-state index contributed by atoms with van der Waals surface area (Å²) in [5.41, 5.74) is 4.27. The van der Waals surface area contributed by atoms with Gasteiger partial charge < -0.3 is 0 Å². The van der Waals surface area contributed by atoms with Crippen LogP contribution in [-0.2, 0) is 24.2 Å². The lowest BCUT2D eigenvalue weighted by Crippen LogP contribution is -2.45. The Morgan fingerprint density at radius 1 is 1.12 bits per heavy atom. The van der Waals surface area contributed by atoms with Crippen LogP contribution < -0.4 is 4.90 Å². The number of aryl methyl sites for hydroxylation is 1. The Kier molecular flexibility index (Phi) is 4.19. The highest BCUT2D eigenvalue weighted by Crippen LogP contribution is 2.44. The molecular weight excluding hydrogens is 316 g/mol. The highest BCUT2D eigenvalue weighted by Gasteiger charge is 2.33. The molecule has 2 aliphatic rings. The summed E-state index contributed by atoms with van der Waals surface area (Å²) >= 11 is 1.86. The number of thiophene rings is 1. The van der Waals surface area contributed by atoms with Gasteiger partial charge in [0.1, 0.15) is 5.00 Å². The normalized spacial score (nSPS) is 18.8. The van der Waals surface area contributed by atoms with Gasteiger partial charge in [0.15, 0.2) is 0 Å². The first kappa shape index (κ1) is 15.9. The molecule has 3 nitrogen and oxygen atoms in total. The molecule has 2 aromatic rings. The average molecular weight is 340 g/mol. The van der Waals surface area contributed by atoms with Gasteiger partial charge >= 0.3 is 0 Å². The standard InChI is InChI=1S/C20H24N2OS/c1-14(16-8-4-3-5-9-16)21-12-18-17-10-6-7-11-19(17)24-20(18)22(13-21)15(2)23/h3-5,8-9,14H,6-7,10-13H2,1-2H3/t14-/m0/s1. The smallest absolute Gasteiger partial charge is 0.225 e. The zero-order valence-corrected chi connectivity index (χ0v) is 15.2. The lowest BCUT2D eigenvalue weighted by molar-refractivity contribution is -0.117. The van der Waals surface area contributed by atoms with Gasteiger partial charge in [-0.25, -0.2) is 0 Å². The van der Waals surface area contributed by atoms with E-state index in [0.29, 0.717) is 12.7 Å². The third-order valence-electron chi connectivity index (χ3n) is 5.40. The molecule has 0 spiro atoms. The second-order valence-electron chi connectivity index (χ2n) is 6.92. The van der Waals surface area contributed by atoms with Gasteiger partial charge in [0, 0.05) is 30.0 Å². The number of hydrogen-bond acceptors (Lipinski definition) is 3. The van der Waals surface area contributed by atoms with E-state index in [9.17, 15) is 4.79 Å². The second kappa shape index (κ2) is 6.34. The molecule has 0 unspecified atom stereocenters. The molecule has 4 rings (SSSR count). The Morgan fingerprint density at radius 2 is 1.88 bits per heavy atom. The fourth-order valence-corrected chi connectivity index (χ4v) is 5.38. The molecule has 126 valence electrons. The van der Waals surface area contributed by atoms with E-state index in [1.807, 2.05) is 16.2 Å². The number of nitrogens with zero attached hydrogens (tertiary/aromatic N) is 2. The molecular formula is C20H24N2OS. The van der Waals surface area contributed by atoms with Gasteiger partial charge in [-0.05, 0) is 43.7 Å². The Hall–Kier alpha value is -1.65. The second-order valence-corrected chi connectivity index (χ2v) is 8.00. The van der Waals surface area contributed by atoms with Crippen LogP contribution in [0, 0.1) is 0 Å². The number of carbonyl (C=O) groups excluding carboxylic acids is 1. The predicted octanol–water partition coefficient (Wildman–Crippen LogP) is 4.51. The molecule has 0 fully saturated rings. The maximum Gasteiger partial charge on any atom is 0.225 e. The monoisotopic (exact) mass is 340 g/mol. The number of amides is 1. The van der Waals surface area contributed by atoms with Crippen molar-refractivity contribution in [3.8, 4) is 0 Å². The number of fused-ring (bicyclic) bond motifs is 3. The molecule has 0 saturated carbocycles. The van der Waals surface area contributed by atoms with E-state index in [0.717, 1.165) is 6.54 Å². The average Bonchev–Trinajstić information content (AvgIpc) is 2.99. The number of anilines is 1. The van der Waals surface area contributed by atoms with Crippen LogP contribution >= 0.6 is 11.3 Å². The highest BCUT2D eigenvalue weighted by atomic mass is 32.1. The van der Waals surface area contributed by atoms with Crippen LogP contribution in [-0.4, -0.2) is 17.5 Å². The van der Waals surface area contributed by atoms with Crippen molar-refractivity contribution in [3.05, 3.63) is 51.9 Å². The third kappa shape index (κ3) is 2.68. The maximum absolute atomic E-state index is 12.3. The van der Waals surface area contributed by atoms with E-state index in [-0.39, 0.29) is 5.91 Å². The van der Waals surface area contributed by atoms with Crippen LogP contribution in [0.15, 0.2) is 30.3 Å². The maximum atomic E-state index is 12.3. The first-order valence-electron chi connectivity index (χ1n) is 8.85. The first-order valence-corrected chi connectivity index (χ1v) is 9.67. The van der Waals surface area contributed by atoms with Crippen LogP contribution in [0.5, 0.6) is 0 Å². The molecule has 1 aromatic carbocycles. The SMILES string of the molecule is CC(=O)N1CN([C@@H](C)c2ccccc2)Cc2c1sc1c2CCCC1. The largest absolute Gasteiger partial charge is 0.290 e. The van der Waals surface area contributed by atoms with Gasteiger partial charge in [0.05, 0.1) is 6.67 Å². The van der Waals surface area contributed by atoms with Crippen molar-refractivity contribution in [2.75, 3.05) is 11.6 Å². The third-order valence-corrected chi connectivity index (χ3v) is 6.76. The lowest BCUT2D eigenvalue weighted by Gasteiger charge is -2.39. The van der Waals surface area contributed by atoms with Crippen molar-refractivity contribution in [2.45, 2.75) is 52.1 Å². The van der Waals surface area contributed by atoms with Crippen molar-refractivity contribution in [1.29, 1.82) is 0 Å². The molecule has 1 aliphatic heterocycles. The Labute approximate surface area is 147 Å². The van der Waals surface area contributed by atoms with E-state index >= 15 is 0 Å². The van der Waals surface area contributed by atoms with E-state index in [1.165, 1.54) is 52.3 Å². The summed E-state index contributed by atoms with van der Waals surface area (Å²) in [6.07, 6.45) is 4.94. The Morgan fingerprint density at radius 3 is 2.62 bits per heavy atom. The van der Waals surface area contributed by atoms with Crippen molar-refractivity contribution in [2.24, 2.45) is 0 Å². The Balaban J connectivity index is 1.71. The van der Waals surface area contributed by atoms with Crippen molar-refractivity contribution in [1.82, 2.24) is 4.90 Å². The van der Waals surface area contributed by atoms with Crippen molar-refractivity contribution >= 4 is 22.2 Å². The zero-order valence-electron chi connectivity index (χ0n) is 14.4. The van der Waals surface area contributed by atoms with Gasteiger partial charge in [0.25, 0.3) is 0 Å². The van der Waals surface area contributed by atoms with Crippen LogP contribution in [0.3, 0.4) is 0 Å². The van der Waals surface area contributed by atoms with Crippen LogP contribution in [0.2, 0.25) is 0 Å². The molecule has 2 heterocycles. The Bertz CT molecular complexity index is 752. The summed E-state index contributed by atoms with van der Waals surface area (Å²) in [7, 11) is 0. The number of hydrogen-bond donors (Lipinski definition) is 0. The lowest BCUT2D eigenvalue weighted by atomic mass is 9.94. The fraction of sp³-hybridized carbons (Fsp3) is 0.450. The summed E-state index contributed by atoms with van der Waals surface area (Å²) < 4.78 is 0. The van der Waals surface area contributed by atoms with E-state index in [1.54, 1.807) is 6.92 Å². The van der Waals surface area contributed by atoms with Gasteiger partial charge in [-0.1, -0.05) is 30.3 Å². The molecule has 0 radical (unpaired) electrons. The molecule has 1 amide bonds. The van der Waals surface area contributed by atoms with E-state index in [4.69, 9.17) is 0 Å². The van der Waals surface area contributed by atoms with Gasteiger partial charge in [-0.15, -0.1) is 11.3 Å². The summed E-state index contributed by atoms with van der Waals surface area (Å²) in [5, 5.41) is 1.21. The molecule has 24 heavy (non-hydrogen) atoms. The molecule has 4 heteroatoms.